The van der Waals surface area contributed by atoms with Gasteiger partial charge in [0, 0.05) is 51.9 Å². The summed E-state index contributed by atoms with van der Waals surface area (Å²) in [5.74, 6) is 1.93. The van der Waals surface area contributed by atoms with Crippen LogP contribution in [0.4, 0.5) is 11.8 Å². The second-order valence-electron chi connectivity index (χ2n) is 10.5. The average Bonchev–Trinajstić information content (AvgIpc) is 3.82. The molecule has 0 spiro atoms. The largest absolute Gasteiger partial charge is 0.378 e. The van der Waals surface area contributed by atoms with Crippen LogP contribution in [0.15, 0.2) is 66.7 Å². The highest BCUT2D eigenvalue weighted by molar-refractivity contribution is 5.93. The van der Waals surface area contributed by atoms with Crippen LogP contribution in [0.25, 0.3) is 0 Å². The molecule has 1 atom stereocenters. The van der Waals surface area contributed by atoms with E-state index in [0.29, 0.717) is 30.8 Å². The van der Waals surface area contributed by atoms with E-state index in [0.717, 1.165) is 51.6 Å². The predicted molar refractivity (Wildman–Crippen MR) is 148 cm³/mol. The number of hydrogen-bond donors (Lipinski definition) is 1. The van der Waals surface area contributed by atoms with Crippen molar-refractivity contribution in [1.82, 2.24) is 20.2 Å². The molecule has 0 bridgehead atoms. The second-order valence-corrected chi connectivity index (χ2v) is 10.5. The molecule has 0 radical (unpaired) electrons. The van der Waals surface area contributed by atoms with Crippen LogP contribution in [0.3, 0.4) is 0 Å². The Hall–Kier alpha value is -3.49. The van der Waals surface area contributed by atoms with Crippen LogP contribution in [-0.4, -0.2) is 73.3 Å². The van der Waals surface area contributed by atoms with Crippen molar-refractivity contribution in [1.29, 1.82) is 0 Å². The molecule has 2 saturated heterocycles. The lowest BCUT2D eigenvalue weighted by Gasteiger charge is -2.42. The maximum absolute atomic E-state index is 13.1. The van der Waals surface area contributed by atoms with Gasteiger partial charge in [-0.15, -0.1) is 0 Å². The van der Waals surface area contributed by atoms with Crippen LogP contribution in [0.5, 0.6) is 0 Å². The molecule has 1 N–H and O–H groups in total. The van der Waals surface area contributed by atoms with Gasteiger partial charge >= 0.3 is 0 Å². The van der Waals surface area contributed by atoms with Gasteiger partial charge in [-0.1, -0.05) is 60.7 Å². The van der Waals surface area contributed by atoms with Gasteiger partial charge in [0.15, 0.2) is 0 Å². The molecule has 38 heavy (non-hydrogen) atoms. The summed E-state index contributed by atoms with van der Waals surface area (Å²) in [7, 11) is 0. The van der Waals surface area contributed by atoms with E-state index in [9.17, 15) is 4.79 Å². The van der Waals surface area contributed by atoms with Crippen LogP contribution in [-0.2, 0) is 11.3 Å². The average molecular weight is 513 g/mol. The third-order valence-corrected chi connectivity index (χ3v) is 7.70. The molecule has 3 heterocycles. The number of piperazine rings is 1. The van der Waals surface area contributed by atoms with Crippen molar-refractivity contribution in [3.63, 3.8) is 0 Å². The maximum Gasteiger partial charge on any atom is 0.270 e. The van der Waals surface area contributed by atoms with Crippen LogP contribution >= 0.6 is 0 Å². The number of amides is 1. The molecule has 2 aliphatic heterocycles. The number of anilines is 2. The highest BCUT2D eigenvalue weighted by atomic mass is 16.5. The Balaban J connectivity index is 1.28. The number of benzene rings is 2. The fourth-order valence-electron chi connectivity index (χ4n) is 5.28. The van der Waals surface area contributed by atoms with Crippen molar-refractivity contribution < 1.29 is 9.53 Å². The standard InChI is InChI=1S/C30H36N6O2/c37-29(31-20-23-11-12-23)26-19-28(34-15-17-38-18-16-34)33-30(32-26)36-14-13-35(21-24-7-3-1-4-8-24)27(22-36)25-9-5-2-6-10-25/h1-10,19,23,27H,11-18,20-22H2,(H,31,37). The monoisotopic (exact) mass is 512 g/mol. The Bertz CT molecular complexity index is 1210. The number of aromatic nitrogens is 2. The van der Waals surface area contributed by atoms with Gasteiger partial charge in [0.1, 0.15) is 11.5 Å². The SMILES string of the molecule is O=C(NCC1CC1)c1cc(N2CCOCC2)nc(N2CCN(Cc3ccccc3)C(c3ccccc3)C2)n1. The van der Waals surface area contributed by atoms with Crippen LogP contribution in [0, 0.1) is 5.92 Å². The lowest BCUT2D eigenvalue weighted by Crippen LogP contribution is -2.49. The summed E-state index contributed by atoms with van der Waals surface area (Å²) in [6.07, 6.45) is 2.39. The van der Waals surface area contributed by atoms with Crippen molar-refractivity contribution >= 4 is 17.7 Å². The van der Waals surface area contributed by atoms with Crippen molar-refractivity contribution in [2.75, 3.05) is 62.3 Å². The van der Waals surface area contributed by atoms with E-state index in [-0.39, 0.29) is 11.9 Å². The molecular weight excluding hydrogens is 476 g/mol. The summed E-state index contributed by atoms with van der Waals surface area (Å²) < 4.78 is 5.56. The van der Waals surface area contributed by atoms with E-state index in [4.69, 9.17) is 14.7 Å². The third kappa shape index (κ3) is 5.97. The summed E-state index contributed by atoms with van der Waals surface area (Å²) in [4.78, 5) is 29.9. The van der Waals surface area contributed by atoms with E-state index in [1.54, 1.807) is 0 Å². The van der Waals surface area contributed by atoms with Gasteiger partial charge in [-0.05, 0) is 29.9 Å². The molecule has 3 aromatic rings. The number of morpholine rings is 1. The molecule has 1 amide bonds. The zero-order valence-electron chi connectivity index (χ0n) is 21.8. The summed E-state index contributed by atoms with van der Waals surface area (Å²) in [6.45, 7) is 6.89. The Kier molecular flexibility index (Phi) is 7.51. The number of nitrogens with zero attached hydrogens (tertiary/aromatic N) is 5. The minimum absolute atomic E-state index is 0.114. The van der Waals surface area contributed by atoms with Crippen molar-refractivity contribution in [3.8, 4) is 0 Å². The fourth-order valence-corrected chi connectivity index (χ4v) is 5.28. The third-order valence-electron chi connectivity index (χ3n) is 7.70. The van der Waals surface area contributed by atoms with Gasteiger partial charge in [-0.2, -0.15) is 4.98 Å². The van der Waals surface area contributed by atoms with E-state index >= 15 is 0 Å². The molecule has 198 valence electrons. The molecule has 3 aliphatic rings. The van der Waals surface area contributed by atoms with Crippen LogP contribution < -0.4 is 15.1 Å². The van der Waals surface area contributed by atoms with Crippen LogP contribution in [0.1, 0.15) is 40.5 Å². The van der Waals surface area contributed by atoms with Gasteiger partial charge < -0.3 is 19.9 Å². The minimum Gasteiger partial charge on any atom is -0.378 e. The zero-order valence-corrected chi connectivity index (χ0v) is 21.8. The quantitative estimate of drug-likeness (QED) is 0.495. The molecule has 6 rings (SSSR count). The fraction of sp³-hybridized carbons (Fsp3) is 0.433. The smallest absolute Gasteiger partial charge is 0.270 e. The molecule has 1 unspecified atom stereocenters. The molecule has 1 aliphatic carbocycles. The maximum atomic E-state index is 13.1. The highest BCUT2D eigenvalue weighted by Crippen LogP contribution is 2.30. The normalized spacial score (nSPS) is 20.4. The van der Waals surface area contributed by atoms with E-state index in [1.165, 1.54) is 24.0 Å². The molecule has 3 fully saturated rings. The molecule has 1 saturated carbocycles. The number of carbonyl (C=O) groups excluding carboxylic acids is 1. The summed E-state index contributed by atoms with van der Waals surface area (Å²) in [6, 6.07) is 23.4. The van der Waals surface area contributed by atoms with Crippen molar-refractivity contribution in [3.05, 3.63) is 83.6 Å². The number of nitrogens with one attached hydrogen (secondary N) is 1. The van der Waals surface area contributed by atoms with E-state index < -0.39 is 0 Å². The molecule has 8 heteroatoms. The first-order chi connectivity index (χ1) is 18.7. The van der Waals surface area contributed by atoms with Gasteiger partial charge in [0.2, 0.25) is 5.95 Å². The first-order valence-electron chi connectivity index (χ1n) is 13.8. The summed E-state index contributed by atoms with van der Waals surface area (Å²) >= 11 is 0. The second kappa shape index (κ2) is 11.5. The minimum atomic E-state index is -0.114. The molecule has 8 nitrogen and oxygen atoms in total. The van der Waals surface area contributed by atoms with Gasteiger partial charge in [0.25, 0.3) is 5.91 Å². The predicted octanol–water partition coefficient (Wildman–Crippen LogP) is 3.52. The van der Waals surface area contributed by atoms with Gasteiger partial charge in [0.05, 0.1) is 19.3 Å². The molecular formula is C30H36N6O2. The number of ether oxygens (including phenoxy) is 1. The van der Waals surface area contributed by atoms with Gasteiger partial charge in [-0.3, -0.25) is 9.69 Å². The van der Waals surface area contributed by atoms with Gasteiger partial charge in [-0.25, -0.2) is 4.98 Å². The summed E-state index contributed by atoms with van der Waals surface area (Å²) in [5, 5.41) is 3.09. The Morgan fingerprint density at radius 2 is 1.63 bits per heavy atom. The Labute approximate surface area is 224 Å². The molecule has 1 aromatic heterocycles. The first kappa shape index (κ1) is 24.8. The number of carbonyl (C=O) groups is 1. The number of rotatable bonds is 8. The Morgan fingerprint density at radius 1 is 0.895 bits per heavy atom. The topological polar surface area (TPSA) is 73.8 Å². The zero-order chi connectivity index (χ0) is 25.7. The lowest BCUT2D eigenvalue weighted by atomic mass is 10.0. The Morgan fingerprint density at radius 3 is 2.37 bits per heavy atom. The van der Waals surface area contributed by atoms with E-state index in [2.05, 4.69) is 80.7 Å². The van der Waals surface area contributed by atoms with E-state index in [1.807, 2.05) is 6.07 Å². The summed E-state index contributed by atoms with van der Waals surface area (Å²) in [5.41, 5.74) is 3.03. The van der Waals surface area contributed by atoms with Crippen LogP contribution in [0.2, 0.25) is 0 Å². The van der Waals surface area contributed by atoms with Crippen molar-refractivity contribution in [2.45, 2.75) is 25.4 Å². The lowest BCUT2D eigenvalue weighted by molar-refractivity contribution is 0.0946. The first-order valence-corrected chi connectivity index (χ1v) is 13.8. The highest BCUT2D eigenvalue weighted by Gasteiger charge is 2.31. The number of hydrogen-bond acceptors (Lipinski definition) is 7. The molecule has 2 aromatic carbocycles. The van der Waals surface area contributed by atoms with Crippen molar-refractivity contribution in [2.24, 2.45) is 5.92 Å².